The highest BCUT2D eigenvalue weighted by Crippen LogP contribution is 2.31. The molecule has 2 N–H and O–H groups in total. The average Bonchev–Trinajstić information content (AvgIpc) is 3.18. The Labute approximate surface area is 245 Å². The highest BCUT2D eigenvalue weighted by atomic mass is 16.2. The number of nitrogens with zero attached hydrogens (tertiary/aromatic N) is 3. The first kappa shape index (κ1) is 33.2. The normalized spacial score (nSPS) is 13.3. The van der Waals surface area contributed by atoms with E-state index in [1.807, 2.05) is 54.4 Å². The first-order valence-corrected chi connectivity index (χ1v) is 14.3. The van der Waals surface area contributed by atoms with Crippen LogP contribution < -0.4 is 10.6 Å². The van der Waals surface area contributed by atoms with Crippen molar-refractivity contribution in [3.05, 3.63) is 64.9 Å². The molecule has 0 aliphatic carbocycles. The predicted octanol–water partition coefficient (Wildman–Crippen LogP) is 5.37. The summed E-state index contributed by atoms with van der Waals surface area (Å²) in [4.78, 5) is 43.8. The molecule has 1 heterocycles. The maximum atomic E-state index is 13.4. The van der Waals surface area contributed by atoms with Crippen molar-refractivity contribution in [1.82, 2.24) is 15.1 Å². The topological polar surface area (TPSA) is 94.1 Å². The number of anilines is 1. The summed E-state index contributed by atoms with van der Waals surface area (Å²) >= 11 is 0. The molecule has 8 nitrogen and oxygen atoms in total. The molecule has 2 aromatic carbocycles. The van der Waals surface area contributed by atoms with Crippen LogP contribution in [-0.4, -0.2) is 81.4 Å². The number of amides is 1. The van der Waals surface area contributed by atoms with Crippen LogP contribution in [0.3, 0.4) is 0 Å². The first-order chi connectivity index (χ1) is 19.8. The molecular formula is C33H45N5O3. The lowest BCUT2D eigenvalue weighted by Gasteiger charge is -2.22. The van der Waals surface area contributed by atoms with Crippen LogP contribution in [0.1, 0.15) is 61.5 Å². The first-order valence-electron chi connectivity index (χ1n) is 14.3. The molecule has 1 amide bonds. The molecule has 0 spiro atoms. The van der Waals surface area contributed by atoms with Crippen LogP contribution in [0.25, 0.3) is 23.3 Å². The van der Waals surface area contributed by atoms with Crippen molar-refractivity contribution in [2.75, 3.05) is 52.6 Å². The van der Waals surface area contributed by atoms with Gasteiger partial charge >= 0.3 is 0 Å². The van der Waals surface area contributed by atoms with Crippen LogP contribution in [-0.2, 0) is 9.59 Å². The number of rotatable bonds is 12. The Bertz CT molecular complexity index is 1260. The number of nitrogens with one attached hydrogen (secondary N) is 2. The fraction of sp³-hybridized carbons (Fsp3) is 0.394. The van der Waals surface area contributed by atoms with Crippen LogP contribution in [0.4, 0.5) is 5.69 Å². The highest BCUT2D eigenvalue weighted by molar-refractivity contribution is 6.10. The van der Waals surface area contributed by atoms with E-state index in [-0.39, 0.29) is 12.5 Å². The van der Waals surface area contributed by atoms with Crippen LogP contribution in [0, 0.1) is 0 Å². The van der Waals surface area contributed by atoms with Gasteiger partial charge in [-0.25, -0.2) is 0 Å². The van der Waals surface area contributed by atoms with Gasteiger partial charge in [0.15, 0.2) is 6.29 Å². The molecule has 0 bridgehead atoms. The Morgan fingerprint density at radius 2 is 1.68 bits per heavy atom. The van der Waals surface area contributed by atoms with Gasteiger partial charge in [0.05, 0.1) is 6.54 Å². The van der Waals surface area contributed by atoms with E-state index in [1.165, 1.54) is 0 Å². The molecule has 1 aliphatic heterocycles. The van der Waals surface area contributed by atoms with E-state index in [0.717, 1.165) is 84.4 Å². The minimum atomic E-state index is 0.0593. The van der Waals surface area contributed by atoms with Crippen molar-refractivity contribution in [2.24, 2.45) is 4.99 Å². The standard InChI is InChI=1S/C30H36N4O3.C3H9N/c1-5-12-34(13-6-2)30(37)27-18-25-9-7-23(19-28(25)32-29(20-27)31-3)22-8-10-26(21-36)24(17-22)11-14-33(4)15-16-35;1-3-4-2/h7-11,14,16-19,21H,5-6,12-13,15,20H2,1-4H3,(H,31,32);4H,3H2,1-2H3/b14-11-;. The van der Waals surface area contributed by atoms with Crippen LogP contribution in [0.5, 0.6) is 0 Å². The number of aliphatic imine (C=N–C) groups is 1. The van der Waals surface area contributed by atoms with E-state index in [9.17, 15) is 14.4 Å². The van der Waals surface area contributed by atoms with Gasteiger partial charge in [-0.15, -0.1) is 0 Å². The van der Waals surface area contributed by atoms with Gasteiger partial charge in [0, 0.05) is 50.4 Å². The summed E-state index contributed by atoms with van der Waals surface area (Å²) in [5.41, 5.74) is 5.79. The van der Waals surface area contributed by atoms with Crippen molar-refractivity contribution < 1.29 is 14.4 Å². The number of benzene rings is 2. The zero-order valence-corrected chi connectivity index (χ0v) is 25.4. The number of aldehydes is 2. The summed E-state index contributed by atoms with van der Waals surface area (Å²) in [6.07, 6.45) is 9.52. The second-order valence-electron chi connectivity index (χ2n) is 9.83. The third kappa shape index (κ3) is 9.83. The Balaban J connectivity index is 0.00000138. The Kier molecular flexibility index (Phi) is 14.2. The lowest BCUT2D eigenvalue weighted by molar-refractivity contribution is -0.127. The second-order valence-corrected chi connectivity index (χ2v) is 9.83. The lowest BCUT2D eigenvalue weighted by Crippen LogP contribution is -2.34. The van der Waals surface area contributed by atoms with Crippen molar-refractivity contribution in [3.8, 4) is 11.1 Å². The Morgan fingerprint density at radius 1 is 1.02 bits per heavy atom. The molecule has 0 fully saturated rings. The largest absolute Gasteiger partial charge is 0.373 e. The second kappa shape index (κ2) is 17.6. The van der Waals surface area contributed by atoms with Gasteiger partial charge in [-0.05, 0) is 79.2 Å². The van der Waals surface area contributed by atoms with Gasteiger partial charge in [-0.2, -0.15) is 0 Å². The van der Waals surface area contributed by atoms with Gasteiger partial charge in [0.2, 0.25) is 5.91 Å². The summed E-state index contributed by atoms with van der Waals surface area (Å²) in [5, 5.41) is 6.35. The Hall–Kier alpha value is -4.04. The number of likely N-dealkylation sites (N-methyl/N-ethyl adjacent to an activating group) is 1. The highest BCUT2D eigenvalue weighted by Gasteiger charge is 2.22. The van der Waals surface area contributed by atoms with E-state index < -0.39 is 0 Å². The number of fused-ring (bicyclic) bond motifs is 1. The predicted molar refractivity (Wildman–Crippen MR) is 171 cm³/mol. The monoisotopic (exact) mass is 559 g/mol. The molecule has 0 unspecified atom stereocenters. The summed E-state index contributed by atoms with van der Waals surface area (Å²) in [6.45, 7) is 9.06. The maximum Gasteiger partial charge on any atom is 0.250 e. The fourth-order valence-electron chi connectivity index (χ4n) is 4.31. The average molecular weight is 560 g/mol. The van der Waals surface area contributed by atoms with E-state index in [4.69, 9.17) is 0 Å². The van der Waals surface area contributed by atoms with Crippen molar-refractivity contribution in [2.45, 2.75) is 40.0 Å². The van der Waals surface area contributed by atoms with Crippen LogP contribution in [0.2, 0.25) is 0 Å². The van der Waals surface area contributed by atoms with Gasteiger partial charge in [0.1, 0.15) is 12.1 Å². The molecule has 220 valence electrons. The number of hydrogen-bond acceptors (Lipinski definition) is 6. The van der Waals surface area contributed by atoms with Gasteiger partial charge < -0.3 is 25.2 Å². The van der Waals surface area contributed by atoms with Gasteiger partial charge in [-0.3, -0.25) is 14.6 Å². The zero-order valence-electron chi connectivity index (χ0n) is 25.4. The lowest BCUT2D eigenvalue weighted by atomic mass is 9.97. The molecule has 41 heavy (non-hydrogen) atoms. The smallest absolute Gasteiger partial charge is 0.250 e. The maximum absolute atomic E-state index is 13.4. The molecule has 8 heteroatoms. The molecule has 0 aromatic heterocycles. The number of amidine groups is 1. The SMILES string of the molecule is CCCN(CCC)C(=O)C1=Cc2ccc(-c3ccc(C=O)c(/C=C\N(C)CC=O)c3)cc2NC(=NC)C1.CCNC. The van der Waals surface area contributed by atoms with E-state index in [1.54, 1.807) is 31.3 Å². The van der Waals surface area contributed by atoms with E-state index >= 15 is 0 Å². The summed E-state index contributed by atoms with van der Waals surface area (Å²) in [5.74, 6) is 0.797. The molecule has 2 aromatic rings. The van der Waals surface area contributed by atoms with Crippen molar-refractivity contribution in [1.29, 1.82) is 0 Å². The van der Waals surface area contributed by atoms with Gasteiger partial charge in [0.25, 0.3) is 0 Å². The number of carbonyl (C=O) groups is 3. The molecule has 1 aliphatic rings. The third-order valence-electron chi connectivity index (χ3n) is 6.61. The van der Waals surface area contributed by atoms with Crippen LogP contribution in [0.15, 0.2) is 53.2 Å². The quantitative estimate of drug-likeness (QED) is 0.340. The molecule has 0 radical (unpaired) electrons. The van der Waals surface area contributed by atoms with Crippen molar-refractivity contribution in [3.63, 3.8) is 0 Å². The minimum absolute atomic E-state index is 0.0593. The summed E-state index contributed by atoms with van der Waals surface area (Å²) < 4.78 is 0. The Morgan fingerprint density at radius 3 is 2.27 bits per heavy atom. The molecule has 0 atom stereocenters. The third-order valence-corrected chi connectivity index (χ3v) is 6.61. The van der Waals surface area contributed by atoms with E-state index in [0.29, 0.717) is 12.0 Å². The molecule has 3 rings (SSSR count). The molecular weight excluding hydrogens is 514 g/mol. The summed E-state index contributed by atoms with van der Waals surface area (Å²) in [7, 11) is 5.46. The summed E-state index contributed by atoms with van der Waals surface area (Å²) in [6, 6.07) is 11.7. The molecule has 0 saturated carbocycles. The van der Waals surface area contributed by atoms with Gasteiger partial charge in [-0.1, -0.05) is 45.0 Å². The zero-order chi connectivity index (χ0) is 30.2. The number of hydrogen-bond donors (Lipinski definition) is 2. The van der Waals surface area contributed by atoms with Crippen molar-refractivity contribution >= 4 is 42.2 Å². The number of carbonyl (C=O) groups excluding carboxylic acids is 3. The van der Waals surface area contributed by atoms with Crippen LogP contribution >= 0.6 is 0 Å². The minimum Gasteiger partial charge on any atom is -0.373 e. The van der Waals surface area contributed by atoms with E-state index in [2.05, 4.69) is 36.4 Å². The molecule has 0 saturated heterocycles. The fourth-order valence-corrected chi connectivity index (χ4v) is 4.31.